The molecule has 37 heavy (non-hydrogen) atoms. The number of nitrogens with zero attached hydrogens (tertiary/aromatic N) is 5. The van der Waals surface area contributed by atoms with Crippen LogP contribution in [0.25, 0.3) is 10.8 Å². The lowest BCUT2D eigenvalue weighted by atomic mass is 10.0. The molecule has 0 bridgehead atoms. The average molecular weight is 490 g/mol. The molecule has 2 N–H and O–H groups in total. The molecule has 0 fully saturated rings. The van der Waals surface area contributed by atoms with E-state index in [9.17, 15) is 15.0 Å². The van der Waals surface area contributed by atoms with Crippen molar-refractivity contribution in [2.24, 2.45) is 10.2 Å². The van der Waals surface area contributed by atoms with E-state index in [0.29, 0.717) is 29.5 Å². The molecule has 8 heteroatoms. The van der Waals surface area contributed by atoms with Crippen molar-refractivity contribution in [2.75, 3.05) is 4.90 Å². The minimum absolute atomic E-state index is 0.103. The molecule has 3 aromatic carbocycles. The first-order valence-electron chi connectivity index (χ1n) is 11.6. The monoisotopic (exact) mass is 489 g/mol. The van der Waals surface area contributed by atoms with E-state index in [1.165, 1.54) is 6.07 Å². The van der Waals surface area contributed by atoms with Crippen LogP contribution in [0.2, 0.25) is 0 Å². The van der Waals surface area contributed by atoms with Crippen molar-refractivity contribution in [2.45, 2.75) is 13.1 Å². The molecule has 2 heterocycles. The minimum Gasteiger partial charge on any atom is -0.505 e. The first kappa shape index (κ1) is 23.6. The van der Waals surface area contributed by atoms with E-state index < -0.39 is 11.7 Å². The number of aromatic hydroxyl groups is 1. The van der Waals surface area contributed by atoms with E-state index in [-0.39, 0.29) is 11.3 Å². The number of phenols is 1. The van der Waals surface area contributed by atoms with Crippen molar-refractivity contribution in [3.8, 4) is 5.75 Å². The molecule has 0 saturated carbocycles. The van der Waals surface area contributed by atoms with Gasteiger partial charge in [-0.05, 0) is 47.9 Å². The third-order valence-electron chi connectivity index (χ3n) is 5.86. The Balaban J connectivity index is 1.58. The maximum Gasteiger partial charge on any atom is 0.339 e. The van der Waals surface area contributed by atoms with E-state index in [2.05, 4.69) is 25.1 Å². The summed E-state index contributed by atoms with van der Waals surface area (Å²) in [7, 11) is 0. The number of hydrogen-bond acceptors (Lipinski definition) is 7. The molecule has 0 aliphatic carbocycles. The molecular weight excluding hydrogens is 466 g/mol. The molecular formula is C29H23N5O3. The Morgan fingerprint density at radius 3 is 2.05 bits per heavy atom. The number of anilines is 1. The van der Waals surface area contributed by atoms with Gasteiger partial charge in [-0.3, -0.25) is 9.97 Å². The van der Waals surface area contributed by atoms with Crippen LogP contribution >= 0.6 is 0 Å². The summed E-state index contributed by atoms with van der Waals surface area (Å²) in [6.07, 6.45) is 3.51. The molecule has 0 atom stereocenters. The summed E-state index contributed by atoms with van der Waals surface area (Å²) in [5.41, 5.74) is 2.98. The van der Waals surface area contributed by atoms with Gasteiger partial charge in [-0.1, -0.05) is 48.5 Å². The van der Waals surface area contributed by atoms with Crippen molar-refractivity contribution in [1.29, 1.82) is 0 Å². The van der Waals surface area contributed by atoms with E-state index in [0.717, 1.165) is 17.1 Å². The van der Waals surface area contributed by atoms with Crippen LogP contribution in [0.4, 0.5) is 17.1 Å². The third-order valence-corrected chi connectivity index (χ3v) is 5.86. The average Bonchev–Trinajstić information content (AvgIpc) is 2.93. The summed E-state index contributed by atoms with van der Waals surface area (Å²) in [4.78, 5) is 22.8. The summed E-state index contributed by atoms with van der Waals surface area (Å²) < 4.78 is 0. The van der Waals surface area contributed by atoms with Crippen LogP contribution in [0.15, 0.2) is 114 Å². The Bertz CT molecular complexity index is 1530. The molecule has 8 nitrogen and oxygen atoms in total. The Morgan fingerprint density at radius 2 is 1.41 bits per heavy atom. The number of pyridine rings is 2. The van der Waals surface area contributed by atoms with Crippen molar-refractivity contribution in [3.05, 3.63) is 120 Å². The molecule has 0 spiro atoms. The van der Waals surface area contributed by atoms with Crippen LogP contribution in [0.3, 0.4) is 0 Å². The van der Waals surface area contributed by atoms with E-state index in [4.69, 9.17) is 0 Å². The van der Waals surface area contributed by atoms with Gasteiger partial charge in [0.15, 0.2) is 5.75 Å². The predicted octanol–water partition coefficient (Wildman–Crippen LogP) is 6.66. The van der Waals surface area contributed by atoms with Gasteiger partial charge in [0.05, 0.1) is 30.2 Å². The number of aromatic nitrogens is 2. The fourth-order valence-electron chi connectivity index (χ4n) is 4.10. The molecule has 5 aromatic rings. The quantitative estimate of drug-likeness (QED) is 0.236. The van der Waals surface area contributed by atoms with Gasteiger partial charge in [-0.2, -0.15) is 0 Å². The summed E-state index contributed by atoms with van der Waals surface area (Å²) in [5, 5.41) is 30.4. The summed E-state index contributed by atoms with van der Waals surface area (Å²) in [5.74, 6) is -1.66. The molecule has 0 unspecified atom stereocenters. The smallest absolute Gasteiger partial charge is 0.339 e. The SMILES string of the molecule is O=C(O)c1cc2ccccc2c(/N=N/c2ccccc2N(Cc2ccccn2)Cc2ccccn2)c1O. The van der Waals surface area contributed by atoms with Crippen LogP contribution in [-0.4, -0.2) is 26.2 Å². The zero-order valence-electron chi connectivity index (χ0n) is 19.8. The second kappa shape index (κ2) is 10.7. The Labute approximate surface area is 213 Å². The summed E-state index contributed by atoms with van der Waals surface area (Å²) in [6.45, 7) is 1.01. The normalized spacial score (nSPS) is 11.1. The number of azo groups is 1. The lowest BCUT2D eigenvalue weighted by Crippen LogP contribution is -2.23. The van der Waals surface area contributed by atoms with Gasteiger partial charge in [0.25, 0.3) is 0 Å². The highest BCUT2D eigenvalue weighted by molar-refractivity contribution is 6.04. The Morgan fingerprint density at radius 1 is 0.784 bits per heavy atom. The number of fused-ring (bicyclic) bond motifs is 1. The first-order valence-corrected chi connectivity index (χ1v) is 11.6. The highest BCUT2D eigenvalue weighted by Crippen LogP contribution is 2.40. The predicted molar refractivity (Wildman–Crippen MR) is 142 cm³/mol. The van der Waals surface area contributed by atoms with Gasteiger partial charge in [0.1, 0.15) is 16.9 Å². The highest BCUT2D eigenvalue weighted by Gasteiger charge is 2.18. The van der Waals surface area contributed by atoms with Crippen LogP contribution in [-0.2, 0) is 13.1 Å². The number of hydrogen-bond donors (Lipinski definition) is 2. The fraction of sp³-hybridized carbons (Fsp3) is 0.0690. The molecule has 182 valence electrons. The summed E-state index contributed by atoms with van der Waals surface area (Å²) >= 11 is 0. The molecule has 0 saturated heterocycles. The number of carbonyl (C=O) groups is 1. The van der Waals surface area contributed by atoms with Gasteiger partial charge in [0, 0.05) is 17.8 Å². The van der Waals surface area contributed by atoms with Gasteiger partial charge >= 0.3 is 5.97 Å². The van der Waals surface area contributed by atoms with Crippen molar-refractivity contribution >= 4 is 33.8 Å². The Hall–Kier alpha value is -5.11. The highest BCUT2D eigenvalue weighted by atomic mass is 16.4. The lowest BCUT2D eigenvalue weighted by Gasteiger charge is -2.25. The molecule has 0 aliphatic rings. The second-order valence-corrected chi connectivity index (χ2v) is 8.33. The molecule has 0 radical (unpaired) electrons. The van der Waals surface area contributed by atoms with Gasteiger partial charge in [0.2, 0.25) is 0 Å². The maximum atomic E-state index is 11.7. The first-order chi connectivity index (χ1) is 18.1. The molecule has 5 rings (SSSR count). The largest absolute Gasteiger partial charge is 0.505 e. The maximum absolute atomic E-state index is 11.7. The number of carboxylic acids is 1. The number of para-hydroxylation sites is 1. The van der Waals surface area contributed by atoms with Crippen molar-refractivity contribution in [1.82, 2.24) is 9.97 Å². The van der Waals surface area contributed by atoms with E-state index in [1.807, 2.05) is 60.7 Å². The zero-order chi connectivity index (χ0) is 25.6. The minimum atomic E-state index is -1.24. The van der Waals surface area contributed by atoms with Crippen molar-refractivity contribution in [3.63, 3.8) is 0 Å². The molecule has 0 amide bonds. The van der Waals surface area contributed by atoms with Crippen molar-refractivity contribution < 1.29 is 15.0 Å². The van der Waals surface area contributed by atoms with Gasteiger partial charge < -0.3 is 15.1 Å². The van der Waals surface area contributed by atoms with Gasteiger partial charge in [-0.25, -0.2) is 4.79 Å². The Kier molecular flexibility index (Phi) is 6.80. The fourth-order valence-corrected chi connectivity index (χ4v) is 4.10. The number of aromatic carboxylic acids is 1. The number of carboxylic acid groups (broad SMARTS) is 1. The third kappa shape index (κ3) is 5.28. The molecule has 2 aromatic heterocycles. The lowest BCUT2D eigenvalue weighted by molar-refractivity contribution is 0.0694. The van der Waals surface area contributed by atoms with Crippen LogP contribution in [0.1, 0.15) is 21.7 Å². The van der Waals surface area contributed by atoms with E-state index >= 15 is 0 Å². The van der Waals surface area contributed by atoms with Crippen LogP contribution in [0.5, 0.6) is 5.75 Å². The topological polar surface area (TPSA) is 111 Å². The zero-order valence-corrected chi connectivity index (χ0v) is 19.8. The van der Waals surface area contributed by atoms with Gasteiger partial charge in [-0.15, -0.1) is 10.2 Å². The molecule has 0 aliphatic heterocycles. The summed E-state index contributed by atoms with van der Waals surface area (Å²) in [6, 6.07) is 27.6. The van der Waals surface area contributed by atoms with Crippen LogP contribution < -0.4 is 4.90 Å². The second-order valence-electron chi connectivity index (χ2n) is 8.33. The number of benzene rings is 3. The van der Waals surface area contributed by atoms with Crippen LogP contribution in [0, 0.1) is 0 Å². The van der Waals surface area contributed by atoms with E-state index in [1.54, 1.807) is 36.7 Å². The standard InChI is InChI=1S/C29H23N5O3/c35-28-24(29(36)37)17-20-9-1-2-12-23(20)27(28)33-32-25-13-3-4-14-26(25)34(18-21-10-5-7-15-30-21)19-22-11-6-8-16-31-22/h1-17,35H,18-19H2,(H,36,37)/b33-32+. The number of rotatable bonds is 8.